The van der Waals surface area contributed by atoms with Crippen LogP contribution in [0.3, 0.4) is 0 Å². The maximum absolute atomic E-state index is 13.9. The summed E-state index contributed by atoms with van der Waals surface area (Å²) in [4.78, 5) is 16.8. The first-order valence-electron chi connectivity index (χ1n) is 12.4. The van der Waals surface area contributed by atoms with Crippen LogP contribution >= 0.6 is 34.4 Å². The molecule has 0 bridgehead atoms. The fourth-order valence-corrected chi connectivity index (χ4v) is 6.99. The van der Waals surface area contributed by atoms with Crippen LogP contribution in [0.25, 0.3) is 11.8 Å². The number of carbonyl (C=O) groups is 1. The van der Waals surface area contributed by atoms with E-state index in [4.69, 9.17) is 0 Å². The quantitative estimate of drug-likeness (QED) is 0.243. The predicted octanol–water partition coefficient (Wildman–Crippen LogP) is 7.59. The van der Waals surface area contributed by atoms with Gasteiger partial charge in [-0.1, -0.05) is 49.7 Å². The van der Waals surface area contributed by atoms with Gasteiger partial charge in [-0.3, -0.25) is 4.79 Å². The minimum atomic E-state index is -0.0959. The summed E-state index contributed by atoms with van der Waals surface area (Å²) in [6.45, 7) is 6.58. The van der Waals surface area contributed by atoms with Crippen LogP contribution in [-0.4, -0.2) is 26.9 Å². The summed E-state index contributed by atoms with van der Waals surface area (Å²) in [5.41, 5.74) is 5.53. The lowest BCUT2D eigenvalue weighted by Gasteiger charge is -2.39. The average Bonchev–Trinajstić information content (AvgIpc) is 3.30. The number of rotatable bonds is 5. The number of anilines is 1. The Bertz CT molecular complexity index is 1230. The van der Waals surface area contributed by atoms with Gasteiger partial charge in [-0.25, -0.2) is 0 Å². The number of para-hydroxylation sites is 1. The van der Waals surface area contributed by atoms with E-state index in [1.54, 1.807) is 11.8 Å². The number of aromatic nitrogens is 1. The average molecular weight is 598 g/mol. The third-order valence-electron chi connectivity index (χ3n) is 7.27. The van der Waals surface area contributed by atoms with E-state index in [2.05, 4.69) is 107 Å². The van der Waals surface area contributed by atoms with Crippen LogP contribution in [0.1, 0.15) is 49.6 Å². The van der Waals surface area contributed by atoms with Crippen LogP contribution in [0, 0.1) is 23.3 Å². The summed E-state index contributed by atoms with van der Waals surface area (Å²) in [6.07, 6.45) is 6.82. The van der Waals surface area contributed by atoms with Crippen molar-refractivity contribution in [3.8, 4) is 5.69 Å². The summed E-state index contributed by atoms with van der Waals surface area (Å²) in [5, 5.41) is 3.64. The monoisotopic (exact) mass is 597 g/mol. The lowest BCUT2D eigenvalue weighted by atomic mass is 9.85. The lowest BCUT2D eigenvalue weighted by molar-refractivity contribution is -0.129. The molecule has 1 aliphatic heterocycles. The van der Waals surface area contributed by atoms with Gasteiger partial charge in [0.15, 0.2) is 5.50 Å². The molecule has 182 valence electrons. The minimum Gasteiger partial charge on any atom is -0.356 e. The second kappa shape index (κ2) is 10.4. The molecule has 6 heteroatoms. The molecule has 1 amide bonds. The summed E-state index contributed by atoms with van der Waals surface area (Å²) in [7, 11) is 0. The van der Waals surface area contributed by atoms with Gasteiger partial charge < -0.3 is 14.8 Å². The second-order valence-electron chi connectivity index (χ2n) is 9.67. The second-order valence-corrected chi connectivity index (χ2v) is 12.0. The Morgan fingerprint density at radius 2 is 1.74 bits per heavy atom. The Balaban J connectivity index is 1.49. The zero-order chi connectivity index (χ0) is 24.5. The minimum absolute atomic E-state index is 0.0959. The molecule has 1 saturated heterocycles. The first-order chi connectivity index (χ1) is 16.9. The molecule has 1 N–H and O–H groups in total. The van der Waals surface area contributed by atoms with Crippen LogP contribution < -0.4 is 5.32 Å². The maximum atomic E-state index is 13.9. The normalized spacial score (nSPS) is 23.8. The molecule has 2 heterocycles. The van der Waals surface area contributed by atoms with Crippen molar-refractivity contribution in [1.82, 2.24) is 9.47 Å². The number of nitrogens with one attached hydrogen (secondary N) is 1. The molecule has 1 unspecified atom stereocenters. The van der Waals surface area contributed by atoms with Crippen molar-refractivity contribution in [3.63, 3.8) is 0 Å². The number of carbonyl (C=O) groups excluding carboxylic acids is 1. The van der Waals surface area contributed by atoms with Crippen molar-refractivity contribution >= 4 is 52.0 Å². The highest BCUT2D eigenvalue weighted by molar-refractivity contribution is 14.1. The van der Waals surface area contributed by atoms with Crippen LogP contribution in [0.15, 0.2) is 65.6 Å². The van der Waals surface area contributed by atoms with Gasteiger partial charge in [-0.2, -0.15) is 0 Å². The summed E-state index contributed by atoms with van der Waals surface area (Å²) in [6, 6.07) is 21.3. The number of amides is 1. The topological polar surface area (TPSA) is 37.3 Å². The molecule has 35 heavy (non-hydrogen) atoms. The molecule has 1 saturated carbocycles. The van der Waals surface area contributed by atoms with E-state index in [1.807, 2.05) is 18.2 Å². The molecule has 3 atom stereocenters. The summed E-state index contributed by atoms with van der Waals surface area (Å²) < 4.78 is 3.49. The zero-order valence-corrected chi connectivity index (χ0v) is 23.5. The molecule has 2 aromatic carbocycles. The molecule has 5 rings (SSSR count). The van der Waals surface area contributed by atoms with Crippen molar-refractivity contribution in [2.24, 2.45) is 5.92 Å². The van der Waals surface area contributed by atoms with E-state index in [0.717, 1.165) is 34.0 Å². The molecule has 1 aromatic heterocycles. The predicted molar refractivity (Wildman–Crippen MR) is 156 cm³/mol. The largest absolute Gasteiger partial charge is 0.356 e. The Morgan fingerprint density at radius 3 is 2.46 bits per heavy atom. The fraction of sp³-hybridized carbons (Fsp3) is 0.345. The van der Waals surface area contributed by atoms with Crippen LogP contribution in [-0.2, 0) is 4.79 Å². The van der Waals surface area contributed by atoms with E-state index in [1.165, 1.54) is 28.5 Å². The van der Waals surface area contributed by atoms with Crippen molar-refractivity contribution in [1.29, 1.82) is 0 Å². The summed E-state index contributed by atoms with van der Waals surface area (Å²) >= 11 is 3.98. The van der Waals surface area contributed by atoms with Gasteiger partial charge in [0, 0.05) is 32.4 Å². The van der Waals surface area contributed by atoms with E-state index in [0.29, 0.717) is 5.92 Å². The number of benzene rings is 2. The van der Waals surface area contributed by atoms with Gasteiger partial charge in [0.05, 0.1) is 4.91 Å². The molecule has 0 spiro atoms. The number of nitrogens with zero attached hydrogens (tertiary/aromatic N) is 2. The standard InChI is InChI=1S/C29H32IN3OS/c1-19-9-7-8-12-26(19)33-28(34)27(35-29(33)31-24-10-5-4-6-11-24)18-22-17-20(2)32(21(22)3)25-15-13-23(30)14-16-25/h4-6,10-11,13-19,26,29,31H,7-9,12H2,1-3H3/b27-18-/t19-,26+,29?/m1/s1. The van der Waals surface area contributed by atoms with E-state index in [-0.39, 0.29) is 17.4 Å². The van der Waals surface area contributed by atoms with Gasteiger partial charge >= 0.3 is 0 Å². The van der Waals surface area contributed by atoms with E-state index < -0.39 is 0 Å². The molecular weight excluding hydrogens is 565 g/mol. The third-order valence-corrected chi connectivity index (χ3v) is 9.10. The highest BCUT2D eigenvalue weighted by Crippen LogP contribution is 2.42. The number of hydrogen-bond acceptors (Lipinski definition) is 3. The Kier molecular flexibility index (Phi) is 7.30. The Hall–Kier alpha value is -2.19. The molecular formula is C29H32IN3OS. The molecule has 3 aromatic rings. The lowest BCUT2D eigenvalue weighted by Crippen LogP contribution is -2.48. The van der Waals surface area contributed by atoms with Gasteiger partial charge in [-0.15, -0.1) is 0 Å². The van der Waals surface area contributed by atoms with Gasteiger partial charge in [0.2, 0.25) is 0 Å². The first kappa shape index (κ1) is 24.5. The van der Waals surface area contributed by atoms with Crippen LogP contribution in [0.2, 0.25) is 0 Å². The fourth-order valence-electron chi connectivity index (χ4n) is 5.43. The van der Waals surface area contributed by atoms with Gasteiger partial charge in [-0.05, 0) is 109 Å². The van der Waals surface area contributed by atoms with E-state index >= 15 is 0 Å². The van der Waals surface area contributed by atoms with Crippen molar-refractivity contribution in [3.05, 3.63) is 86.1 Å². The molecule has 0 radical (unpaired) electrons. The molecule has 2 fully saturated rings. The molecule has 2 aliphatic rings. The number of aryl methyl sites for hydroxylation is 1. The van der Waals surface area contributed by atoms with Crippen LogP contribution in [0.5, 0.6) is 0 Å². The first-order valence-corrected chi connectivity index (χ1v) is 14.4. The highest BCUT2D eigenvalue weighted by atomic mass is 127. The van der Waals surface area contributed by atoms with Gasteiger partial charge in [0.25, 0.3) is 5.91 Å². The third kappa shape index (κ3) is 5.05. The summed E-state index contributed by atoms with van der Waals surface area (Å²) in [5.74, 6) is 0.667. The van der Waals surface area contributed by atoms with Crippen molar-refractivity contribution in [2.45, 2.75) is 58.0 Å². The van der Waals surface area contributed by atoms with Crippen molar-refractivity contribution in [2.75, 3.05) is 5.32 Å². The zero-order valence-electron chi connectivity index (χ0n) is 20.5. The van der Waals surface area contributed by atoms with Crippen molar-refractivity contribution < 1.29 is 4.79 Å². The number of thioether (sulfide) groups is 1. The molecule has 1 aliphatic carbocycles. The Morgan fingerprint density at radius 1 is 1.03 bits per heavy atom. The van der Waals surface area contributed by atoms with Crippen LogP contribution in [0.4, 0.5) is 5.69 Å². The SMILES string of the molecule is Cc1cc(/C=C2\SC(Nc3ccccc3)N([C@H]3CCCC[C@H]3C)C2=O)c(C)n1-c1ccc(I)cc1. The number of hydrogen-bond donors (Lipinski definition) is 1. The highest BCUT2D eigenvalue weighted by Gasteiger charge is 2.43. The van der Waals surface area contributed by atoms with Gasteiger partial charge in [0.1, 0.15) is 0 Å². The maximum Gasteiger partial charge on any atom is 0.262 e. The smallest absolute Gasteiger partial charge is 0.262 e. The number of halogens is 1. The Labute approximate surface area is 226 Å². The van der Waals surface area contributed by atoms with E-state index in [9.17, 15) is 4.79 Å². The molecule has 4 nitrogen and oxygen atoms in total.